The Morgan fingerprint density at radius 1 is 1.38 bits per heavy atom. The van der Waals surface area contributed by atoms with E-state index in [0.29, 0.717) is 18.7 Å². The fourth-order valence-corrected chi connectivity index (χ4v) is 2.87. The molecule has 1 aromatic heterocycles. The third kappa shape index (κ3) is 4.64. The van der Waals surface area contributed by atoms with Crippen LogP contribution in [0.1, 0.15) is 20.8 Å². The number of rotatable bonds is 4. The lowest BCUT2D eigenvalue weighted by Gasteiger charge is -2.04. The van der Waals surface area contributed by atoms with Crippen molar-refractivity contribution >= 4 is 29.0 Å². The predicted octanol–water partition coefficient (Wildman–Crippen LogP) is 2.71. The molecule has 21 heavy (non-hydrogen) atoms. The maximum atomic E-state index is 12.0. The number of benzene rings is 1. The molecule has 0 fully saturated rings. The van der Waals surface area contributed by atoms with Gasteiger partial charge < -0.3 is 11.1 Å². The van der Waals surface area contributed by atoms with Crippen LogP contribution in [0.5, 0.6) is 0 Å². The van der Waals surface area contributed by atoms with Gasteiger partial charge in [0.25, 0.3) is 5.91 Å². The van der Waals surface area contributed by atoms with Crippen LogP contribution in [0.15, 0.2) is 40.6 Å². The first kappa shape index (κ1) is 15.6. The molecular formula is C16H16N2OS2. The summed E-state index contributed by atoms with van der Waals surface area (Å²) in [6, 6.07) is 9.56. The highest BCUT2D eigenvalue weighted by Crippen LogP contribution is 2.16. The summed E-state index contributed by atoms with van der Waals surface area (Å²) in [6.45, 7) is 0.867. The highest BCUT2D eigenvalue weighted by molar-refractivity contribution is 7.98. The van der Waals surface area contributed by atoms with Gasteiger partial charge in [0.15, 0.2) is 0 Å². The van der Waals surface area contributed by atoms with E-state index in [2.05, 4.69) is 17.2 Å². The quantitative estimate of drug-likeness (QED) is 0.673. The van der Waals surface area contributed by atoms with E-state index in [1.807, 2.05) is 42.0 Å². The third-order valence-corrected chi connectivity index (χ3v) is 4.44. The Morgan fingerprint density at radius 3 is 2.81 bits per heavy atom. The summed E-state index contributed by atoms with van der Waals surface area (Å²) in [5.74, 6) is 5.73. The lowest BCUT2D eigenvalue weighted by atomic mass is 10.2. The number of hydrogen-bond acceptors (Lipinski definition) is 4. The minimum Gasteiger partial charge on any atom is -0.347 e. The minimum absolute atomic E-state index is 0.0642. The second kappa shape index (κ2) is 7.89. The van der Waals surface area contributed by atoms with Gasteiger partial charge in [-0.15, -0.1) is 23.1 Å². The average Bonchev–Trinajstić information content (AvgIpc) is 2.98. The molecule has 1 heterocycles. The molecule has 3 N–H and O–H groups in total. The van der Waals surface area contributed by atoms with Crippen LogP contribution < -0.4 is 11.1 Å². The Balaban J connectivity index is 1.92. The van der Waals surface area contributed by atoms with Gasteiger partial charge in [0.2, 0.25) is 0 Å². The molecular weight excluding hydrogens is 300 g/mol. The van der Waals surface area contributed by atoms with Gasteiger partial charge >= 0.3 is 0 Å². The highest BCUT2D eigenvalue weighted by atomic mass is 32.2. The molecule has 108 valence electrons. The Hall–Kier alpha value is -1.74. The summed E-state index contributed by atoms with van der Waals surface area (Å²) < 4.78 is 0. The second-order valence-corrected chi connectivity index (χ2v) is 6.09. The van der Waals surface area contributed by atoms with Crippen molar-refractivity contribution in [2.75, 3.05) is 12.8 Å². The summed E-state index contributed by atoms with van der Waals surface area (Å²) in [5, 5.41) is 4.88. The van der Waals surface area contributed by atoms with E-state index < -0.39 is 0 Å². The standard InChI is InChI=1S/C16H16N2OS2/c1-20-14-6-4-13(5-7-14)16(19)18-10-15-9-12(11-21-15)3-2-8-17/h4-7,9,11H,8,10,17H2,1H3,(H,18,19). The van der Waals surface area contributed by atoms with Crippen molar-refractivity contribution in [2.45, 2.75) is 11.4 Å². The molecule has 1 aromatic carbocycles. The van der Waals surface area contributed by atoms with Crippen molar-refractivity contribution in [2.24, 2.45) is 5.73 Å². The lowest BCUT2D eigenvalue weighted by Crippen LogP contribution is -2.22. The summed E-state index contributed by atoms with van der Waals surface area (Å²) in [5.41, 5.74) is 6.96. The fourth-order valence-electron chi connectivity index (χ4n) is 1.70. The molecule has 0 unspecified atom stereocenters. The number of carbonyl (C=O) groups is 1. The van der Waals surface area contributed by atoms with Crippen molar-refractivity contribution in [3.63, 3.8) is 0 Å². The van der Waals surface area contributed by atoms with Crippen molar-refractivity contribution in [1.82, 2.24) is 5.32 Å². The van der Waals surface area contributed by atoms with E-state index in [1.165, 1.54) is 0 Å². The van der Waals surface area contributed by atoms with Gasteiger partial charge in [-0.05, 0) is 36.6 Å². The van der Waals surface area contributed by atoms with E-state index in [-0.39, 0.29) is 5.91 Å². The first-order chi connectivity index (χ1) is 10.2. The van der Waals surface area contributed by atoms with Crippen LogP contribution in [-0.2, 0) is 6.54 Å². The summed E-state index contributed by atoms with van der Waals surface area (Å²) >= 11 is 3.24. The van der Waals surface area contributed by atoms with Gasteiger partial charge in [-0.25, -0.2) is 0 Å². The first-order valence-electron chi connectivity index (χ1n) is 6.41. The molecule has 0 atom stereocenters. The third-order valence-electron chi connectivity index (χ3n) is 2.76. The summed E-state index contributed by atoms with van der Waals surface area (Å²) in [4.78, 5) is 14.3. The zero-order valence-electron chi connectivity index (χ0n) is 11.7. The predicted molar refractivity (Wildman–Crippen MR) is 89.6 cm³/mol. The number of nitrogens with one attached hydrogen (secondary N) is 1. The zero-order valence-corrected chi connectivity index (χ0v) is 13.3. The van der Waals surface area contributed by atoms with E-state index in [0.717, 1.165) is 15.3 Å². The summed E-state index contributed by atoms with van der Waals surface area (Å²) in [7, 11) is 0. The lowest BCUT2D eigenvalue weighted by molar-refractivity contribution is 0.0951. The molecule has 5 heteroatoms. The second-order valence-electron chi connectivity index (χ2n) is 4.22. The van der Waals surface area contributed by atoms with Gasteiger partial charge in [0.1, 0.15) is 0 Å². The van der Waals surface area contributed by atoms with E-state index in [9.17, 15) is 4.79 Å². The van der Waals surface area contributed by atoms with Gasteiger partial charge in [-0.1, -0.05) is 11.8 Å². The SMILES string of the molecule is CSc1ccc(C(=O)NCc2cc(C#CCN)cs2)cc1. The minimum atomic E-state index is -0.0642. The number of carbonyl (C=O) groups excluding carboxylic acids is 1. The highest BCUT2D eigenvalue weighted by Gasteiger charge is 2.06. The van der Waals surface area contributed by atoms with Crippen molar-refractivity contribution in [3.05, 3.63) is 51.7 Å². The molecule has 0 bridgehead atoms. The molecule has 0 saturated carbocycles. The smallest absolute Gasteiger partial charge is 0.251 e. The average molecular weight is 316 g/mol. The van der Waals surface area contributed by atoms with Crippen molar-refractivity contribution < 1.29 is 4.79 Å². The van der Waals surface area contributed by atoms with Crippen molar-refractivity contribution in [3.8, 4) is 11.8 Å². The zero-order chi connectivity index (χ0) is 15.1. The Labute approximate surface area is 132 Å². The van der Waals surface area contributed by atoms with Crippen LogP contribution in [0.2, 0.25) is 0 Å². The molecule has 0 spiro atoms. The normalized spacial score (nSPS) is 9.81. The van der Waals surface area contributed by atoms with Gasteiger partial charge in [0, 0.05) is 26.3 Å². The molecule has 3 nitrogen and oxygen atoms in total. The number of thiophene rings is 1. The summed E-state index contributed by atoms with van der Waals surface area (Å²) in [6.07, 6.45) is 2.01. The molecule has 0 radical (unpaired) electrons. The number of nitrogens with two attached hydrogens (primary N) is 1. The Morgan fingerprint density at radius 2 is 2.14 bits per heavy atom. The molecule has 2 rings (SSSR count). The largest absolute Gasteiger partial charge is 0.347 e. The van der Waals surface area contributed by atoms with E-state index >= 15 is 0 Å². The fraction of sp³-hybridized carbons (Fsp3) is 0.188. The van der Waals surface area contributed by atoms with E-state index in [4.69, 9.17) is 5.73 Å². The van der Waals surface area contributed by atoms with Crippen LogP contribution in [0.25, 0.3) is 0 Å². The molecule has 2 aromatic rings. The van der Waals surface area contributed by atoms with Crippen LogP contribution in [-0.4, -0.2) is 18.7 Å². The molecule has 0 aliphatic carbocycles. The maximum Gasteiger partial charge on any atom is 0.251 e. The van der Waals surface area contributed by atoms with Crippen molar-refractivity contribution in [1.29, 1.82) is 0 Å². The Kier molecular flexibility index (Phi) is 5.88. The van der Waals surface area contributed by atoms with Crippen LogP contribution in [0.4, 0.5) is 0 Å². The van der Waals surface area contributed by atoms with Gasteiger partial charge in [0.05, 0.1) is 13.1 Å². The monoisotopic (exact) mass is 316 g/mol. The molecule has 1 amide bonds. The van der Waals surface area contributed by atoms with Gasteiger partial charge in [-0.2, -0.15) is 0 Å². The van der Waals surface area contributed by atoms with Crippen LogP contribution in [0.3, 0.4) is 0 Å². The Bertz CT molecular complexity index is 666. The van der Waals surface area contributed by atoms with Crippen LogP contribution in [0, 0.1) is 11.8 Å². The van der Waals surface area contributed by atoms with Crippen LogP contribution >= 0.6 is 23.1 Å². The number of thioether (sulfide) groups is 1. The topological polar surface area (TPSA) is 55.1 Å². The number of amides is 1. The first-order valence-corrected chi connectivity index (χ1v) is 8.52. The molecule has 0 saturated heterocycles. The van der Waals surface area contributed by atoms with Gasteiger partial charge in [-0.3, -0.25) is 4.79 Å². The number of hydrogen-bond donors (Lipinski definition) is 2. The van der Waals surface area contributed by atoms with E-state index in [1.54, 1.807) is 23.1 Å². The molecule has 0 aliphatic heterocycles. The molecule has 0 aliphatic rings. The maximum absolute atomic E-state index is 12.0.